The Morgan fingerprint density at radius 2 is 1.67 bits per heavy atom. The van der Waals surface area contributed by atoms with Crippen molar-refractivity contribution >= 4 is 9.84 Å². The highest BCUT2D eigenvalue weighted by Gasteiger charge is 2.60. The first-order valence-electron chi connectivity index (χ1n) is 17.1. The fraction of sp³-hybridized carbons (Fsp3) is 0.684. The third-order valence-corrected chi connectivity index (χ3v) is 14.7. The normalized spacial score (nSPS) is 37.3. The average Bonchev–Trinajstić information content (AvgIpc) is 3.35. The maximum atomic E-state index is 14.1. The SMILES string of the molecule is C=C/C(=C\C=C/C)C(O)CC(CC1CCC2C3CCC4CC(O)CCC4(C)C3CCC12C)S(=O)(=O)c1ccccc1.CC. The zero-order valence-electron chi connectivity index (χ0n) is 27.4. The molecule has 1 aromatic carbocycles. The maximum absolute atomic E-state index is 14.1. The Labute approximate surface area is 262 Å². The minimum absolute atomic E-state index is 0.123. The molecule has 5 rings (SSSR count). The molecule has 240 valence electrons. The summed E-state index contributed by atoms with van der Waals surface area (Å²) in [5.74, 6) is 3.05. The van der Waals surface area contributed by atoms with Crippen molar-refractivity contribution in [3.8, 4) is 0 Å². The van der Waals surface area contributed by atoms with E-state index in [0.29, 0.717) is 46.0 Å². The number of aliphatic hydroxyl groups is 2. The summed E-state index contributed by atoms with van der Waals surface area (Å²) in [6.07, 6.45) is 17.2. The Morgan fingerprint density at radius 3 is 2.35 bits per heavy atom. The molecule has 0 radical (unpaired) electrons. The Morgan fingerprint density at radius 1 is 1.00 bits per heavy atom. The molecule has 10 atom stereocenters. The number of hydrogen-bond acceptors (Lipinski definition) is 4. The van der Waals surface area contributed by atoms with Gasteiger partial charge in [0.05, 0.1) is 22.4 Å². The van der Waals surface area contributed by atoms with Crippen molar-refractivity contribution in [2.45, 2.75) is 128 Å². The molecule has 4 nitrogen and oxygen atoms in total. The molecule has 0 saturated heterocycles. The lowest BCUT2D eigenvalue weighted by molar-refractivity contribution is -0.127. The Kier molecular flexibility index (Phi) is 11.3. The van der Waals surface area contributed by atoms with Crippen molar-refractivity contribution in [1.29, 1.82) is 0 Å². The standard InChI is InChI=1S/C36H52O4S.C2H6/c1-5-7-11-25(6-2)34(38)24-30(41(39,40)29-12-9-8-10-13-29)23-27-15-17-32-31-16-14-26-22-28(37)18-20-35(26,3)33(31)19-21-36(27,32)4;1-2/h5-13,26-28,30-34,37-38H,2,14-24H2,1,3-4H3;1-2H3/b7-5-,25-11+;. The minimum atomic E-state index is -3.63. The van der Waals surface area contributed by atoms with E-state index in [0.717, 1.165) is 38.0 Å². The first-order valence-corrected chi connectivity index (χ1v) is 18.7. The molecule has 0 spiro atoms. The Hall–Kier alpha value is -1.69. The van der Waals surface area contributed by atoms with E-state index < -0.39 is 21.2 Å². The molecule has 1 aromatic rings. The van der Waals surface area contributed by atoms with Gasteiger partial charge in [0.2, 0.25) is 0 Å². The predicted molar refractivity (Wildman–Crippen MR) is 178 cm³/mol. The van der Waals surface area contributed by atoms with Gasteiger partial charge in [-0.05, 0) is 136 Å². The zero-order valence-corrected chi connectivity index (χ0v) is 28.2. The average molecular weight is 611 g/mol. The van der Waals surface area contributed by atoms with Gasteiger partial charge in [-0.2, -0.15) is 0 Å². The van der Waals surface area contributed by atoms with Gasteiger partial charge in [-0.1, -0.05) is 76.8 Å². The highest BCUT2D eigenvalue weighted by Crippen LogP contribution is 2.68. The van der Waals surface area contributed by atoms with Crippen molar-refractivity contribution in [2.75, 3.05) is 0 Å². The van der Waals surface area contributed by atoms with Crippen molar-refractivity contribution < 1.29 is 18.6 Å². The van der Waals surface area contributed by atoms with Crippen LogP contribution in [0, 0.1) is 40.4 Å². The van der Waals surface area contributed by atoms with Crippen LogP contribution >= 0.6 is 0 Å². The molecule has 0 aliphatic heterocycles. The monoisotopic (exact) mass is 610 g/mol. The summed E-state index contributed by atoms with van der Waals surface area (Å²) >= 11 is 0. The highest BCUT2D eigenvalue weighted by atomic mass is 32.2. The number of aliphatic hydroxyl groups excluding tert-OH is 2. The largest absolute Gasteiger partial charge is 0.393 e. The van der Waals surface area contributed by atoms with Crippen LogP contribution in [0.15, 0.2) is 71.7 Å². The predicted octanol–water partition coefficient (Wildman–Crippen LogP) is 8.70. The molecule has 4 aliphatic carbocycles. The number of hydrogen-bond donors (Lipinski definition) is 2. The van der Waals surface area contributed by atoms with E-state index in [9.17, 15) is 18.6 Å². The fourth-order valence-electron chi connectivity index (χ4n) is 10.1. The number of sulfone groups is 1. The quantitative estimate of drug-likeness (QED) is 0.274. The van der Waals surface area contributed by atoms with Gasteiger partial charge in [-0.25, -0.2) is 8.42 Å². The lowest BCUT2D eigenvalue weighted by atomic mass is 9.44. The van der Waals surface area contributed by atoms with Crippen LogP contribution in [-0.4, -0.2) is 36.1 Å². The van der Waals surface area contributed by atoms with Crippen molar-refractivity contribution in [3.05, 3.63) is 66.8 Å². The Balaban J connectivity index is 0.00000207. The van der Waals surface area contributed by atoms with Gasteiger partial charge < -0.3 is 10.2 Å². The molecule has 0 amide bonds. The van der Waals surface area contributed by atoms with Gasteiger partial charge in [-0.3, -0.25) is 0 Å². The van der Waals surface area contributed by atoms with Crippen molar-refractivity contribution in [2.24, 2.45) is 40.4 Å². The van der Waals surface area contributed by atoms with Crippen LogP contribution in [0.5, 0.6) is 0 Å². The van der Waals surface area contributed by atoms with Gasteiger partial charge >= 0.3 is 0 Å². The van der Waals surface area contributed by atoms with E-state index in [1.54, 1.807) is 30.3 Å². The van der Waals surface area contributed by atoms with Crippen LogP contribution in [0.25, 0.3) is 0 Å². The summed E-state index contributed by atoms with van der Waals surface area (Å²) in [7, 11) is -3.63. The number of rotatable bonds is 9. The topological polar surface area (TPSA) is 74.6 Å². The van der Waals surface area contributed by atoms with E-state index >= 15 is 0 Å². The van der Waals surface area contributed by atoms with Gasteiger partial charge in [0, 0.05) is 0 Å². The summed E-state index contributed by atoms with van der Waals surface area (Å²) in [5, 5.41) is 21.0. The van der Waals surface area contributed by atoms with Crippen LogP contribution in [-0.2, 0) is 9.84 Å². The number of allylic oxidation sites excluding steroid dienone is 3. The zero-order chi connectivity index (χ0) is 31.4. The van der Waals surface area contributed by atoms with E-state index in [-0.39, 0.29) is 17.9 Å². The molecule has 43 heavy (non-hydrogen) atoms. The maximum Gasteiger partial charge on any atom is 0.181 e. The van der Waals surface area contributed by atoms with Crippen LogP contribution in [0.4, 0.5) is 0 Å². The van der Waals surface area contributed by atoms with E-state index in [2.05, 4.69) is 20.4 Å². The third-order valence-electron chi connectivity index (χ3n) is 12.5. The van der Waals surface area contributed by atoms with Gasteiger partial charge in [-0.15, -0.1) is 0 Å². The fourth-order valence-corrected chi connectivity index (χ4v) is 12.0. The van der Waals surface area contributed by atoms with E-state index in [4.69, 9.17) is 0 Å². The third kappa shape index (κ3) is 6.65. The molecular weight excluding hydrogens is 552 g/mol. The van der Waals surface area contributed by atoms with Crippen LogP contribution in [0.2, 0.25) is 0 Å². The summed E-state index contributed by atoms with van der Waals surface area (Å²) in [6.45, 7) is 14.8. The van der Waals surface area contributed by atoms with Gasteiger partial charge in [0.25, 0.3) is 0 Å². The van der Waals surface area contributed by atoms with Crippen LogP contribution < -0.4 is 0 Å². The van der Waals surface area contributed by atoms with Gasteiger partial charge in [0.1, 0.15) is 0 Å². The number of fused-ring (bicyclic) bond motifs is 5. The first kappa shape index (κ1) is 34.2. The summed E-state index contributed by atoms with van der Waals surface area (Å²) in [5.41, 5.74) is 1.14. The van der Waals surface area contributed by atoms with Crippen LogP contribution in [0.1, 0.15) is 105 Å². The molecule has 4 saturated carbocycles. The molecule has 5 heteroatoms. The van der Waals surface area contributed by atoms with Crippen LogP contribution in [0.3, 0.4) is 0 Å². The lowest BCUT2D eigenvalue weighted by Gasteiger charge is -2.61. The van der Waals surface area contributed by atoms with Crippen molar-refractivity contribution in [1.82, 2.24) is 0 Å². The second kappa shape index (κ2) is 14.2. The summed E-state index contributed by atoms with van der Waals surface area (Å²) in [6, 6.07) is 8.82. The van der Waals surface area contributed by atoms with Crippen molar-refractivity contribution in [3.63, 3.8) is 0 Å². The molecule has 2 N–H and O–H groups in total. The molecular formula is C38H58O4S. The first-order chi connectivity index (χ1) is 20.5. The second-order valence-corrected chi connectivity index (χ2v) is 16.5. The minimum Gasteiger partial charge on any atom is -0.393 e. The second-order valence-electron chi connectivity index (χ2n) is 14.3. The molecule has 0 aromatic heterocycles. The lowest BCUT2D eigenvalue weighted by Crippen LogP contribution is -2.54. The Bertz CT molecular complexity index is 1240. The molecule has 4 fully saturated rings. The molecule has 0 heterocycles. The highest BCUT2D eigenvalue weighted by molar-refractivity contribution is 7.92. The molecule has 0 bridgehead atoms. The smallest absolute Gasteiger partial charge is 0.181 e. The summed E-state index contributed by atoms with van der Waals surface area (Å²) < 4.78 is 28.2. The van der Waals surface area contributed by atoms with Gasteiger partial charge in [0.15, 0.2) is 9.84 Å². The number of benzene rings is 1. The van der Waals surface area contributed by atoms with E-state index in [1.807, 2.05) is 45.1 Å². The molecule has 4 aliphatic rings. The molecule has 10 unspecified atom stereocenters. The van der Waals surface area contributed by atoms with E-state index in [1.165, 1.54) is 25.7 Å². The summed E-state index contributed by atoms with van der Waals surface area (Å²) in [4.78, 5) is 0.351.